The lowest BCUT2D eigenvalue weighted by Crippen LogP contribution is -2.28. The van der Waals surface area contributed by atoms with Crippen LogP contribution in [-0.2, 0) is 42.8 Å². The Labute approximate surface area is 459 Å². The molecule has 0 spiro atoms. The van der Waals surface area contributed by atoms with Crippen LogP contribution in [0.15, 0.2) is 58.3 Å². The zero-order valence-corrected chi connectivity index (χ0v) is 48.3. The highest BCUT2D eigenvalue weighted by Gasteiger charge is 2.23. The van der Waals surface area contributed by atoms with E-state index in [0.29, 0.717) is 19.8 Å². The van der Waals surface area contributed by atoms with Gasteiger partial charge in [-0.1, -0.05) is 231 Å². The van der Waals surface area contributed by atoms with E-state index in [0.717, 1.165) is 69.9 Å². The molecule has 2 atom stereocenters. The van der Waals surface area contributed by atoms with Crippen LogP contribution in [-0.4, -0.2) is 90.2 Å². The lowest BCUT2D eigenvalue weighted by molar-refractivity contribution is -0.385. The normalized spacial score (nSPS) is 12.8. The van der Waals surface area contributed by atoms with Gasteiger partial charge in [-0.05, 0) is 31.4 Å². The van der Waals surface area contributed by atoms with Crippen molar-refractivity contribution in [2.24, 2.45) is 0 Å². The van der Waals surface area contributed by atoms with E-state index >= 15 is 0 Å². The van der Waals surface area contributed by atoms with Crippen molar-refractivity contribution in [3.63, 3.8) is 0 Å². The van der Waals surface area contributed by atoms with Gasteiger partial charge >= 0.3 is 0 Å². The Morgan fingerprint density at radius 3 is 1.07 bits per heavy atom. The number of nitro groups is 2. The van der Waals surface area contributed by atoms with Crippen molar-refractivity contribution >= 4 is 31.6 Å². The smallest absolute Gasteiger partial charge is 0.297 e. The number of benzene rings is 2. The highest BCUT2D eigenvalue weighted by molar-refractivity contribution is 7.87. The van der Waals surface area contributed by atoms with Gasteiger partial charge in [0.1, 0.15) is 22.0 Å². The number of rotatable bonds is 55. The van der Waals surface area contributed by atoms with Crippen molar-refractivity contribution in [2.75, 3.05) is 46.2 Å². The van der Waals surface area contributed by atoms with Gasteiger partial charge in [0.25, 0.3) is 31.6 Å². The highest BCUT2D eigenvalue weighted by Crippen LogP contribution is 2.22. The van der Waals surface area contributed by atoms with Crippen molar-refractivity contribution < 1.29 is 54.4 Å². The van der Waals surface area contributed by atoms with E-state index in [1.54, 1.807) is 0 Å². The molecular formula is C58H100N2O14S2. The predicted molar refractivity (Wildman–Crippen MR) is 302 cm³/mol. The molecule has 0 bridgehead atoms. The quantitative estimate of drug-likeness (QED) is 0.0282. The van der Waals surface area contributed by atoms with Crippen LogP contribution in [0.2, 0.25) is 0 Å². The standard InChI is InChI=1S/C58H100N2O14S2/c1-2-3-4-5-6-7-8-9-10-11-16-19-22-25-28-31-34-37-46-72-56(52-74-76(68,69)58-43-39-41-54(48-58)60(64)65)51-71-45-36-33-30-27-24-21-18-15-13-12-14-17-20-23-26-29-32-35-44-70-49-55(61)50-73-75(66,67)57-42-38-40-53(47-57)59(62)63/h38-43,47-48,55-56,61H,2-37,44-46,49-52H2,1H3/t55-,56-/m1/s1. The molecule has 0 unspecified atom stereocenters. The van der Waals surface area contributed by atoms with Crippen LogP contribution in [0.1, 0.15) is 238 Å². The van der Waals surface area contributed by atoms with Gasteiger partial charge in [-0.2, -0.15) is 16.8 Å². The summed E-state index contributed by atoms with van der Waals surface area (Å²) in [5.74, 6) is 0. The molecule has 0 fully saturated rings. The van der Waals surface area contributed by atoms with Crippen LogP contribution in [0.4, 0.5) is 11.4 Å². The Kier molecular flexibility index (Phi) is 41.5. The number of ether oxygens (including phenoxy) is 3. The van der Waals surface area contributed by atoms with Crippen LogP contribution < -0.4 is 0 Å². The summed E-state index contributed by atoms with van der Waals surface area (Å²) >= 11 is 0. The summed E-state index contributed by atoms with van der Waals surface area (Å²) in [7, 11) is -8.46. The third kappa shape index (κ3) is 36.9. The molecule has 2 aromatic carbocycles. The van der Waals surface area contributed by atoms with Crippen LogP contribution in [0.3, 0.4) is 0 Å². The van der Waals surface area contributed by atoms with E-state index in [1.807, 2.05) is 0 Å². The summed E-state index contributed by atoms with van der Waals surface area (Å²) in [4.78, 5) is 20.2. The molecule has 2 rings (SSSR count). The molecule has 0 aliphatic heterocycles. The fourth-order valence-electron chi connectivity index (χ4n) is 9.09. The van der Waals surface area contributed by atoms with Gasteiger partial charge in [-0.15, -0.1) is 0 Å². The van der Waals surface area contributed by atoms with Crippen molar-refractivity contribution in [1.82, 2.24) is 0 Å². The minimum absolute atomic E-state index is 0.0582. The Hall–Kier alpha value is -3.10. The largest absolute Gasteiger partial charge is 0.388 e. The molecule has 0 aliphatic carbocycles. The average Bonchev–Trinajstić information content (AvgIpc) is 3.41. The maximum absolute atomic E-state index is 12.9. The summed E-state index contributed by atoms with van der Waals surface area (Å²) < 4.78 is 78.2. The van der Waals surface area contributed by atoms with Gasteiger partial charge in [-0.25, -0.2) is 0 Å². The van der Waals surface area contributed by atoms with E-state index in [9.17, 15) is 42.2 Å². The third-order valence-corrected chi connectivity index (χ3v) is 16.3. The first-order valence-corrected chi connectivity index (χ1v) is 32.4. The van der Waals surface area contributed by atoms with Crippen molar-refractivity contribution in [2.45, 2.75) is 260 Å². The summed E-state index contributed by atoms with van der Waals surface area (Å²) in [5, 5.41) is 32.2. The molecule has 0 heterocycles. The summed E-state index contributed by atoms with van der Waals surface area (Å²) in [6.45, 7) is 3.23. The van der Waals surface area contributed by atoms with E-state index in [-0.39, 0.29) is 41.0 Å². The molecule has 0 saturated heterocycles. The molecule has 0 radical (unpaired) electrons. The van der Waals surface area contributed by atoms with E-state index in [2.05, 4.69) is 6.92 Å². The second kappa shape index (κ2) is 45.7. The maximum Gasteiger partial charge on any atom is 0.297 e. The van der Waals surface area contributed by atoms with Crippen LogP contribution in [0.5, 0.6) is 0 Å². The number of nitrogens with zero attached hydrogens (tertiary/aromatic N) is 2. The molecule has 2 aromatic rings. The second-order valence-corrected chi connectivity index (χ2v) is 23.9. The lowest BCUT2D eigenvalue weighted by Gasteiger charge is -2.18. The number of hydrogen-bond donors (Lipinski definition) is 1. The fourth-order valence-corrected chi connectivity index (χ4v) is 11.1. The number of unbranched alkanes of at least 4 members (excludes halogenated alkanes) is 34. The van der Waals surface area contributed by atoms with Crippen molar-refractivity contribution in [3.8, 4) is 0 Å². The SMILES string of the molecule is CCCCCCCCCCCCCCCCCCCCO[C@H](COCCCCCCCCCCCCCCCCCCCCOC[C@@H](O)COS(=O)(=O)c1cccc([N+](=O)[O-])c1)COS(=O)(=O)c1cccc([N+](=O)[O-])c1. The number of non-ortho nitro benzene ring substituents is 2. The molecule has 18 heteroatoms. The third-order valence-electron chi connectivity index (χ3n) is 13.8. The minimum Gasteiger partial charge on any atom is -0.388 e. The predicted octanol–water partition coefficient (Wildman–Crippen LogP) is 15.5. The second-order valence-electron chi connectivity index (χ2n) is 20.7. The first-order chi connectivity index (χ1) is 36.9. The van der Waals surface area contributed by atoms with Gasteiger partial charge in [0, 0.05) is 44.1 Å². The van der Waals surface area contributed by atoms with Crippen LogP contribution >= 0.6 is 0 Å². The topological polar surface area (TPSA) is 221 Å². The zero-order valence-electron chi connectivity index (χ0n) is 46.6. The number of hydrogen-bond acceptors (Lipinski definition) is 14. The molecule has 76 heavy (non-hydrogen) atoms. The number of aliphatic hydroxyl groups excluding tert-OH is 1. The summed E-state index contributed by atoms with van der Waals surface area (Å²) in [6, 6.07) is 9.45. The summed E-state index contributed by atoms with van der Waals surface area (Å²) in [6.07, 6.45) is 43.0. The Morgan fingerprint density at radius 2 is 0.724 bits per heavy atom. The first-order valence-electron chi connectivity index (χ1n) is 29.6. The monoisotopic (exact) mass is 1110 g/mol. The Morgan fingerprint density at radius 1 is 0.421 bits per heavy atom. The average molecular weight is 1110 g/mol. The molecule has 0 amide bonds. The van der Waals surface area contributed by atoms with E-state index in [4.69, 9.17) is 22.6 Å². The van der Waals surface area contributed by atoms with Crippen molar-refractivity contribution in [1.29, 1.82) is 0 Å². The molecule has 438 valence electrons. The maximum atomic E-state index is 12.9. The first kappa shape index (κ1) is 69.0. The molecule has 0 saturated carbocycles. The van der Waals surface area contributed by atoms with Crippen LogP contribution in [0, 0.1) is 20.2 Å². The Balaban J connectivity index is 1.44. The highest BCUT2D eigenvalue weighted by atomic mass is 32.2. The number of aliphatic hydroxyl groups is 1. The number of nitro benzene ring substituents is 2. The van der Waals surface area contributed by atoms with Gasteiger partial charge in [0.05, 0.1) is 36.3 Å². The van der Waals surface area contributed by atoms with Crippen LogP contribution in [0.25, 0.3) is 0 Å². The molecular weight excluding hydrogens is 1010 g/mol. The summed E-state index contributed by atoms with van der Waals surface area (Å²) in [5.41, 5.74) is -0.677. The zero-order chi connectivity index (χ0) is 55.2. The molecule has 1 N–H and O–H groups in total. The molecule has 0 aliphatic rings. The van der Waals surface area contributed by atoms with Gasteiger partial charge in [0.2, 0.25) is 0 Å². The van der Waals surface area contributed by atoms with E-state index in [1.165, 1.54) is 210 Å². The van der Waals surface area contributed by atoms with Crippen molar-refractivity contribution in [3.05, 3.63) is 68.8 Å². The lowest BCUT2D eigenvalue weighted by atomic mass is 10.0. The van der Waals surface area contributed by atoms with Gasteiger partial charge < -0.3 is 19.3 Å². The van der Waals surface area contributed by atoms with Gasteiger partial charge in [0.15, 0.2) is 0 Å². The molecule has 16 nitrogen and oxygen atoms in total. The van der Waals surface area contributed by atoms with E-state index < -0.39 is 48.9 Å². The van der Waals surface area contributed by atoms with Gasteiger partial charge in [-0.3, -0.25) is 28.6 Å². The minimum atomic E-state index is -4.24. The fraction of sp³-hybridized carbons (Fsp3) is 0.793. The molecule has 0 aromatic heterocycles. The Bertz CT molecular complexity index is 1970.